The van der Waals surface area contributed by atoms with Gasteiger partial charge in [-0.15, -0.1) is 0 Å². The van der Waals surface area contributed by atoms with E-state index in [1.165, 1.54) is 6.07 Å². The highest BCUT2D eigenvalue weighted by molar-refractivity contribution is 5.67. The lowest BCUT2D eigenvalue weighted by Gasteiger charge is -2.11. The van der Waals surface area contributed by atoms with Crippen molar-refractivity contribution >= 4 is 0 Å². The summed E-state index contributed by atoms with van der Waals surface area (Å²) in [5.41, 5.74) is -0.926. The first kappa shape index (κ1) is 11.7. The molecule has 0 fully saturated rings. The molecule has 0 saturated carbocycles. The maximum atomic E-state index is 12.9. The van der Waals surface area contributed by atoms with Crippen LogP contribution in [0.15, 0.2) is 23.0 Å². The maximum absolute atomic E-state index is 12.9. The van der Waals surface area contributed by atoms with Gasteiger partial charge in [-0.05, 0) is 12.1 Å². The second kappa shape index (κ2) is 3.81. The molecule has 5 nitrogen and oxygen atoms in total. The lowest BCUT2D eigenvalue weighted by Crippen LogP contribution is -2.07. The van der Waals surface area contributed by atoms with Crippen LogP contribution in [0, 0.1) is 0 Å². The normalized spacial score (nSPS) is 13.8. The molecule has 2 heterocycles. The van der Waals surface area contributed by atoms with Crippen molar-refractivity contribution in [3.05, 3.63) is 34.1 Å². The molecule has 0 aliphatic carbocycles. The van der Waals surface area contributed by atoms with Crippen molar-refractivity contribution in [1.82, 2.24) is 10.2 Å². The van der Waals surface area contributed by atoms with Gasteiger partial charge >= 0.3 is 6.18 Å². The van der Waals surface area contributed by atoms with Crippen LogP contribution in [0.5, 0.6) is 11.5 Å². The van der Waals surface area contributed by atoms with Gasteiger partial charge in [0.05, 0.1) is 5.69 Å². The summed E-state index contributed by atoms with van der Waals surface area (Å²) in [6.45, 7) is -0.258. The van der Waals surface area contributed by atoms with Crippen LogP contribution < -0.4 is 15.0 Å². The third-order valence-electron chi connectivity index (χ3n) is 2.68. The van der Waals surface area contributed by atoms with Gasteiger partial charge in [0.25, 0.3) is 5.56 Å². The summed E-state index contributed by atoms with van der Waals surface area (Å²) in [4.78, 5) is 11.0. The Bertz CT molecular complexity index is 687. The Morgan fingerprint density at radius 3 is 2.53 bits per heavy atom. The molecule has 8 heteroatoms. The molecule has 0 spiro atoms. The fraction of sp³-hybridized carbons (Fsp3) is 0.182. The third kappa shape index (κ3) is 1.94. The molecule has 1 aromatic carbocycles. The van der Waals surface area contributed by atoms with Gasteiger partial charge in [0.1, 0.15) is 5.56 Å². The smallest absolute Gasteiger partial charge is 0.420 e. The number of nitrogens with one attached hydrogen (secondary N) is 2. The first-order valence-electron chi connectivity index (χ1n) is 5.24. The van der Waals surface area contributed by atoms with Crippen LogP contribution in [0.25, 0.3) is 11.3 Å². The van der Waals surface area contributed by atoms with Crippen molar-refractivity contribution < 1.29 is 22.6 Å². The van der Waals surface area contributed by atoms with Crippen molar-refractivity contribution in [2.24, 2.45) is 0 Å². The SMILES string of the molecule is O=c1cc(-c2cc3c(c(C(F)(F)F)c2)OCO3)[nH][nH]1. The lowest BCUT2D eigenvalue weighted by molar-refractivity contribution is -0.138. The number of aromatic amines is 2. The highest BCUT2D eigenvalue weighted by atomic mass is 19.4. The average molecular weight is 272 g/mol. The number of halogens is 3. The quantitative estimate of drug-likeness (QED) is 0.835. The van der Waals surface area contributed by atoms with E-state index >= 15 is 0 Å². The number of benzene rings is 1. The first-order chi connectivity index (χ1) is 8.95. The minimum absolute atomic E-state index is 0.00636. The molecule has 19 heavy (non-hydrogen) atoms. The Hall–Kier alpha value is -2.38. The number of hydrogen-bond acceptors (Lipinski definition) is 3. The number of ether oxygens (including phenoxy) is 2. The van der Waals surface area contributed by atoms with Crippen LogP contribution in [0.1, 0.15) is 5.56 Å². The van der Waals surface area contributed by atoms with Gasteiger partial charge in [-0.25, -0.2) is 0 Å². The molecular formula is C11H7F3N2O3. The van der Waals surface area contributed by atoms with E-state index in [1.807, 2.05) is 0 Å². The molecule has 2 N–H and O–H groups in total. The van der Waals surface area contributed by atoms with Gasteiger partial charge in [-0.3, -0.25) is 15.0 Å². The van der Waals surface area contributed by atoms with Gasteiger partial charge < -0.3 is 9.47 Å². The highest BCUT2D eigenvalue weighted by Gasteiger charge is 2.38. The van der Waals surface area contributed by atoms with Crippen molar-refractivity contribution in [2.75, 3.05) is 6.79 Å². The molecule has 1 aliphatic rings. The second-order valence-corrected chi connectivity index (χ2v) is 3.93. The predicted octanol–water partition coefficient (Wildman–Crippen LogP) is 2.12. The molecule has 0 bridgehead atoms. The van der Waals surface area contributed by atoms with E-state index in [9.17, 15) is 18.0 Å². The van der Waals surface area contributed by atoms with Crippen LogP contribution in [0.2, 0.25) is 0 Å². The van der Waals surface area contributed by atoms with Crippen LogP contribution in [0.4, 0.5) is 13.2 Å². The number of aromatic nitrogens is 2. The molecular weight excluding hydrogens is 265 g/mol. The van der Waals surface area contributed by atoms with Gasteiger partial charge in [0, 0.05) is 11.6 Å². The number of hydrogen-bond donors (Lipinski definition) is 2. The molecule has 0 radical (unpaired) electrons. The summed E-state index contributed by atoms with van der Waals surface area (Å²) in [5.74, 6) is -0.319. The summed E-state index contributed by atoms with van der Waals surface area (Å²) < 4.78 is 48.6. The van der Waals surface area contributed by atoms with Crippen LogP contribution in [0.3, 0.4) is 0 Å². The minimum Gasteiger partial charge on any atom is -0.454 e. The molecule has 100 valence electrons. The molecule has 0 amide bonds. The molecule has 2 aromatic rings. The molecule has 0 unspecified atom stereocenters. The number of rotatable bonds is 1. The summed E-state index contributed by atoms with van der Waals surface area (Å²) in [6, 6.07) is 3.46. The molecule has 1 aliphatic heterocycles. The molecule has 0 saturated heterocycles. The largest absolute Gasteiger partial charge is 0.454 e. The number of fused-ring (bicyclic) bond motifs is 1. The van der Waals surface area contributed by atoms with E-state index in [-0.39, 0.29) is 29.5 Å². The van der Waals surface area contributed by atoms with E-state index in [0.717, 1.165) is 12.1 Å². The summed E-state index contributed by atoms with van der Waals surface area (Å²) in [5, 5.41) is 4.75. The van der Waals surface area contributed by atoms with Crippen molar-refractivity contribution in [3.63, 3.8) is 0 Å². The van der Waals surface area contributed by atoms with Crippen molar-refractivity contribution in [1.29, 1.82) is 0 Å². The Balaban J connectivity index is 2.21. The zero-order valence-corrected chi connectivity index (χ0v) is 9.30. The van der Waals surface area contributed by atoms with E-state index in [0.29, 0.717) is 0 Å². The fourth-order valence-corrected chi connectivity index (χ4v) is 1.86. The highest BCUT2D eigenvalue weighted by Crippen LogP contribution is 2.46. The van der Waals surface area contributed by atoms with E-state index < -0.39 is 17.3 Å². The van der Waals surface area contributed by atoms with Gasteiger partial charge in [0.2, 0.25) is 6.79 Å². The Morgan fingerprint density at radius 2 is 1.89 bits per heavy atom. The van der Waals surface area contributed by atoms with Gasteiger partial charge in [0.15, 0.2) is 11.5 Å². The van der Waals surface area contributed by atoms with Crippen LogP contribution in [-0.2, 0) is 6.18 Å². The lowest BCUT2D eigenvalue weighted by atomic mass is 10.1. The summed E-state index contributed by atoms with van der Waals surface area (Å²) in [7, 11) is 0. The monoisotopic (exact) mass is 272 g/mol. The minimum atomic E-state index is -4.57. The average Bonchev–Trinajstić information content (AvgIpc) is 2.94. The summed E-state index contributed by atoms with van der Waals surface area (Å²) in [6.07, 6.45) is -4.57. The number of H-pyrrole nitrogens is 2. The molecule has 1 aromatic heterocycles. The molecule has 3 rings (SSSR count). The first-order valence-corrected chi connectivity index (χ1v) is 5.24. The second-order valence-electron chi connectivity index (χ2n) is 3.93. The van der Waals surface area contributed by atoms with E-state index in [1.54, 1.807) is 0 Å². The predicted molar refractivity (Wildman–Crippen MR) is 58.0 cm³/mol. The standard InChI is InChI=1S/C11H7F3N2O3/c12-11(13,14)6-1-5(7-3-9(17)16-15-7)2-8-10(6)19-4-18-8/h1-3H,4H2,(H2,15,16,17). The van der Waals surface area contributed by atoms with Crippen molar-refractivity contribution in [3.8, 4) is 22.8 Å². The van der Waals surface area contributed by atoms with Gasteiger partial charge in [-0.1, -0.05) is 0 Å². The zero-order valence-electron chi connectivity index (χ0n) is 9.30. The van der Waals surface area contributed by atoms with Crippen LogP contribution in [-0.4, -0.2) is 17.0 Å². The maximum Gasteiger partial charge on any atom is 0.420 e. The van der Waals surface area contributed by atoms with Gasteiger partial charge in [-0.2, -0.15) is 13.2 Å². The topological polar surface area (TPSA) is 67.1 Å². The molecule has 0 atom stereocenters. The Kier molecular flexibility index (Phi) is 2.34. The fourth-order valence-electron chi connectivity index (χ4n) is 1.86. The third-order valence-corrected chi connectivity index (χ3v) is 2.68. The van der Waals surface area contributed by atoms with Crippen LogP contribution >= 0.6 is 0 Å². The number of alkyl halides is 3. The Labute approximate surface area is 103 Å². The summed E-state index contributed by atoms with van der Waals surface area (Å²) >= 11 is 0. The van der Waals surface area contributed by atoms with Crippen molar-refractivity contribution in [2.45, 2.75) is 6.18 Å². The van der Waals surface area contributed by atoms with E-state index in [2.05, 4.69) is 10.2 Å². The van der Waals surface area contributed by atoms with E-state index in [4.69, 9.17) is 9.47 Å². The zero-order chi connectivity index (χ0) is 13.6. The Morgan fingerprint density at radius 1 is 1.11 bits per heavy atom.